The molecular weight excluding hydrogens is 308 g/mol. The summed E-state index contributed by atoms with van der Waals surface area (Å²) in [6.07, 6.45) is 1.68. The predicted octanol–water partition coefficient (Wildman–Crippen LogP) is 4.87. The monoisotopic (exact) mass is 322 g/mol. The smallest absolute Gasteiger partial charge is 0.284 e. The van der Waals surface area contributed by atoms with Crippen LogP contribution in [-0.4, -0.2) is 11.6 Å². The Morgan fingerprint density at radius 1 is 1.30 bits per heavy atom. The van der Waals surface area contributed by atoms with Gasteiger partial charge in [-0.15, -0.1) is 11.3 Å². The maximum Gasteiger partial charge on any atom is 0.284 e. The first-order chi connectivity index (χ1) is 11.3. The molecule has 0 aliphatic rings. The van der Waals surface area contributed by atoms with Crippen molar-refractivity contribution in [1.82, 2.24) is 4.98 Å². The maximum atomic E-state index is 9.41. The predicted molar refractivity (Wildman–Crippen MR) is 90.9 cm³/mol. The van der Waals surface area contributed by atoms with Gasteiger partial charge in [0.05, 0.1) is 17.9 Å². The van der Waals surface area contributed by atoms with Gasteiger partial charge in [0.2, 0.25) is 0 Å². The summed E-state index contributed by atoms with van der Waals surface area (Å²) in [5.74, 6) is 1.02. The van der Waals surface area contributed by atoms with E-state index in [0.29, 0.717) is 28.9 Å². The molecule has 23 heavy (non-hydrogen) atoms. The lowest BCUT2D eigenvalue weighted by molar-refractivity contribution is 0.256. The van der Waals surface area contributed by atoms with Crippen molar-refractivity contribution in [2.75, 3.05) is 6.61 Å². The molecule has 0 atom stereocenters. The summed E-state index contributed by atoms with van der Waals surface area (Å²) in [5.41, 5.74) is 2.36. The van der Waals surface area contributed by atoms with Crippen molar-refractivity contribution in [3.05, 3.63) is 58.6 Å². The van der Waals surface area contributed by atoms with Gasteiger partial charge in [-0.2, -0.15) is 5.26 Å². The van der Waals surface area contributed by atoms with Crippen LogP contribution in [0.1, 0.15) is 17.7 Å². The average molecular weight is 322 g/mol. The molecule has 3 aromatic rings. The lowest BCUT2D eigenvalue weighted by atomic mass is 10.2. The molecule has 114 valence electrons. The van der Waals surface area contributed by atoms with Gasteiger partial charge in [0, 0.05) is 23.1 Å². The average Bonchev–Trinajstić information content (AvgIpc) is 3.23. The highest BCUT2D eigenvalue weighted by atomic mass is 32.1. The minimum Gasteiger partial charge on any atom is -0.465 e. The lowest BCUT2D eigenvalue weighted by Crippen LogP contribution is -1.87. The van der Waals surface area contributed by atoms with Crippen molar-refractivity contribution in [1.29, 1.82) is 5.26 Å². The number of hydrogen-bond donors (Lipinski definition) is 0. The molecule has 0 bridgehead atoms. The van der Waals surface area contributed by atoms with E-state index in [-0.39, 0.29) is 0 Å². The summed E-state index contributed by atoms with van der Waals surface area (Å²) in [5, 5.41) is 12.0. The number of benzene rings is 1. The second kappa shape index (κ2) is 6.95. The van der Waals surface area contributed by atoms with Gasteiger partial charge in [0.25, 0.3) is 5.95 Å². The fraction of sp³-hybridized carbons (Fsp3) is 0.111. The number of nitriles is 1. The van der Waals surface area contributed by atoms with Gasteiger partial charge in [0.1, 0.15) is 16.8 Å². The SMILES string of the molecule is CCOc1ccc(C=C(C#N)c2nc(-c3ccccc3)cs2)o1. The van der Waals surface area contributed by atoms with Crippen LogP contribution >= 0.6 is 11.3 Å². The molecule has 0 unspecified atom stereocenters. The Kier molecular flexibility index (Phi) is 4.55. The molecule has 0 amide bonds. The third-order valence-corrected chi connectivity index (χ3v) is 3.98. The third kappa shape index (κ3) is 3.50. The standard InChI is InChI=1S/C18H14N2O2S/c1-2-21-17-9-8-15(22-17)10-14(11-19)18-20-16(12-23-18)13-6-4-3-5-7-13/h3-10,12H,2H2,1H3. The van der Waals surface area contributed by atoms with Crippen LogP contribution in [0.2, 0.25) is 0 Å². The molecule has 0 aliphatic carbocycles. The first-order valence-electron chi connectivity index (χ1n) is 7.16. The number of thiazole rings is 1. The molecule has 0 saturated carbocycles. The molecule has 0 aliphatic heterocycles. The van der Waals surface area contributed by atoms with E-state index < -0.39 is 0 Å². The summed E-state index contributed by atoms with van der Waals surface area (Å²) >= 11 is 1.44. The molecule has 0 fully saturated rings. The number of allylic oxidation sites excluding steroid dienone is 1. The van der Waals surface area contributed by atoms with Crippen LogP contribution in [0, 0.1) is 11.3 Å². The van der Waals surface area contributed by atoms with Crippen molar-refractivity contribution in [2.24, 2.45) is 0 Å². The second-order valence-electron chi connectivity index (χ2n) is 4.66. The molecule has 0 N–H and O–H groups in total. The summed E-state index contributed by atoms with van der Waals surface area (Å²) in [6, 6.07) is 15.6. The van der Waals surface area contributed by atoms with Gasteiger partial charge in [0.15, 0.2) is 0 Å². The normalized spacial score (nSPS) is 11.2. The van der Waals surface area contributed by atoms with Crippen molar-refractivity contribution < 1.29 is 9.15 Å². The first kappa shape index (κ1) is 15.1. The highest BCUT2D eigenvalue weighted by molar-refractivity contribution is 7.11. The summed E-state index contributed by atoms with van der Waals surface area (Å²) < 4.78 is 10.8. The van der Waals surface area contributed by atoms with E-state index in [2.05, 4.69) is 11.1 Å². The molecule has 2 aromatic heterocycles. The largest absolute Gasteiger partial charge is 0.465 e. The first-order valence-corrected chi connectivity index (χ1v) is 8.04. The number of nitrogens with zero attached hydrogens (tertiary/aromatic N) is 2. The second-order valence-corrected chi connectivity index (χ2v) is 5.52. The van der Waals surface area contributed by atoms with Gasteiger partial charge in [-0.1, -0.05) is 30.3 Å². The summed E-state index contributed by atoms with van der Waals surface area (Å²) in [7, 11) is 0. The van der Waals surface area contributed by atoms with Crippen LogP contribution in [0.4, 0.5) is 0 Å². The fourth-order valence-electron chi connectivity index (χ4n) is 2.05. The van der Waals surface area contributed by atoms with E-state index in [1.54, 1.807) is 18.2 Å². The molecule has 5 heteroatoms. The van der Waals surface area contributed by atoms with Crippen LogP contribution in [0.3, 0.4) is 0 Å². The molecule has 0 radical (unpaired) electrons. The third-order valence-electron chi connectivity index (χ3n) is 3.10. The van der Waals surface area contributed by atoms with E-state index in [0.717, 1.165) is 11.3 Å². The summed E-state index contributed by atoms with van der Waals surface area (Å²) in [6.45, 7) is 2.42. The minimum absolute atomic E-state index is 0.445. The Morgan fingerprint density at radius 3 is 2.87 bits per heavy atom. The van der Waals surface area contributed by atoms with Crippen LogP contribution < -0.4 is 4.74 Å². The minimum atomic E-state index is 0.445. The molecule has 3 rings (SSSR count). The van der Waals surface area contributed by atoms with E-state index in [4.69, 9.17) is 9.15 Å². The Hall–Kier alpha value is -2.84. The van der Waals surface area contributed by atoms with Crippen LogP contribution in [-0.2, 0) is 0 Å². The molecule has 2 heterocycles. The van der Waals surface area contributed by atoms with E-state index >= 15 is 0 Å². The highest BCUT2D eigenvalue weighted by Gasteiger charge is 2.10. The van der Waals surface area contributed by atoms with E-state index in [9.17, 15) is 5.26 Å². The Balaban J connectivity index is 1.88. The van der Waals surface area contributed by atoms with Gasteiger partial charge in [-0.3, -0.25) is 0 Å². The molecule has 0 spiro atoms. The van der Waals surface area contributed by atoms with Crippen molar-refractivity contribution in [2.45, 2.75) is 6.92 Å². The molecule has 1 aromatic carbocycles. The van der Waals surface area contributed by atoms with E-state index in [1.165, 1.54) is 11.3 Å². The Labute approximate surface area is 138 Å². The zero-order valence-corrected chi connectivity index (χ0v) is 13.3. The zero-order valence-electron chi connectivity index (χ0n) is 12.5. The van der Waals surface area contributed by atoms with Crippen LogP contribution in [0.5, 0.6) is 5.95 Å². The van der Waals surface area contributed by atoms with E-state index in [1.807, 2.05) is 42.6 Å². The number of furan rings is 1. The van der Waals surface area contributed by atoms with Crippen LogP contribution in [0.25, 0.3) is 22.9 Å². The maximum absolute atomic E-state index is 9.41. The zero-order chi connectivity index (χ0) is 16.1. The highest BCUT2D eigenvalue weighted by Crippen LogP contribution is 2.28. The lowest BCUT2D eigenvalue weighted by Gasteiger charge is -1.96. The Morgan fingerprint density at radius 2 is 2.13 bits per heavy atom. The van der Waals surface area contributed by atoms with Gasteiger partial charge in [-0.05, 0) is 13.0 Å². The molecule has 4 nitrogen and oxygen atoms in total. The quantitative estimate of drug-likeness (QED) is 0.629. The number of hydrogen-bond acceptors (Lipinski definition) is 5. The van der Waals surface area contributed by atoms with Crippen molar-refractivity contribution >= 4 is 23.0 Å². The van der Waals surface area contributed by atoms with Crippen molar-refractivity contribution in [3.8, 4) is 23.3 Å². The number of rotatable bonds is 5. The molecular formula is C18H14N2O2S. The number of ether oxygens (including phenoxy) is 1. The summed E-state index contributed by atoms with van der Waals surface area (Å²) in [4.78, 5) is 4.55. The van der Waals surface area contributed by atoms with Crippen molar-refractivity contribution in [3.63, 3.8) is 0 Å². The van der Waals surface area contributed by atoms with Gasteiger partial charge in [-0.25, -0.2) is 4.98 Å². The van der Waals surface area contributed by atoms with Gasteiger partial charge >= 0.3 is 0 Å². The molecule has 0 saturated heterocycles. The van der Waals surface area contributed by atoms with Gasteiger partial charge < -0.3 is 9.15 Å². The Bertz CT molecular complexity index is 857. The van der Waals surface area contributed by atoms with Crippen LogP contribution in [0.15, 0.2) is 52.3 Å². The number of aromatic nitrogens is 1. The fourth-order valence-corrected chi connectivity index (χ4v) is 2.85. The topological polar surface area (TPSA) is 59.0 Å².